The predicted octanol–water partition coefficient (Wildman–Crippen LogP) is 7.49. The van der Waals surface area contributed by atoms with Crippen molar-refractivity contribution in [3.63, 3.8) is 0 Å². The molecule has 3 aromatic rings. The summed E-state index contributed by atoms with van der Waals surface area (Å²) in [5.41, 5.74) is 3.47. The second kappa shape index (κ2) is 8.38. The molecule has 1 heterocycles. The van der Waals surface area contributed by atoms with Crippen molar-refractivity contribution in [1.82, 2.24) is 0 Å². The van der Waals surface area contributed by atoms with E-state index in [4.69, 9.17) is 4.42 Å². The molecule has 0 aliphatic carbocycles. The summed E-state index contributed by atoms with van der Waals surface area (Å²) in [6.07, 6.45) is 0. The molecular weight excluding hydrogens is 355 g/mol. The van der Waals surface area contributed by atoms with E-state index in [1.54, 1.807) is 0 Å². The largest absolute Gasteiger partial charge is 0.673 e. The average Bonchev–Trinajstić information content (AvgIpc) is 2.61. The van der Waals surface area contributed by atoms with Gasteiger partial charge in [-0.05, 0) is 38.5 Å². The van der Waals surface area contributed by atoms with Gasteiger partial charge in [0.25, 0.3) is 0 Å². The van der Waals surface area contributed by atoms with Gasteiger partial charge < -0.3 is 17.3 Å². The van der Waals surface area contributed by atoms with Crippen molar-refractivity contribution in [2.75, 3.05) is 0 Å². The molecule has 0 unspecified atom stereocenters. The fraction of sp³-hybridized carbons (Fsp3) is 0.190. The summed E-state index contributed by atoms with van der Waals surface area (Å²) in [6.45, 7) is 6.53. The van der Waals surface area contributed by atoms with Gasteiger partial charge in [-0.1, -0.05) is 48.5 Å². The summed E-state index contributed by atoms with van der Waals surface area (Å²) >= 11 is 0. The van der Waals surface area contributed by atoms with Crippen LogP contribution in [0.1, 0.15) is 26.5 Å². The molecule has 1 aromatic heterocycles. The molecule has 0 spiro atoms. The minimum absolute atomic E-state index is 0.0334. The maximum Gasteiger partial charge on any atom is 0.673 e. The van der Waals surface area contributed by atoms with Crippen molar-refractivity contribution < 1.29 is 21.7 Å². The van der Waals surface area contributed by atoms with Gasteiger partial charge in [0.1, 0.15) is 0 Å². The molecule has 0 saturated carbocycles. The maximum absolute atomic E-state index is 9.75. The highest BCUT2D eigenvalue weighted by Gasteiger charge is 2.29. The summed E-state index contributed by atoms with van der Waals surface area (Å²) in [5.74, 6) is 1.90. The van der Waals surface area contributed by atoms with E-state index < -0.39 is 7.25 Å². The summed E-state index contributed by atoms with van der Waals surface area (Å²) in [6, 6.07) is 25.0. The zero-order valence-corrected chi connectivity index (χ0v) is 15.4. The second-order valence-electron chi connectivity index (χ2n) is 7.05. The number of hydrogen-bond donors (Lipinski definition) is 0. The normalized spacial score (nSPS) is 11.5. The van der Waals surface area contributed by atoms with E-state index in [2.05, 4.69) is 69.3 Å². The maximum atomic E-state index is 9.75. The molecule has 0 aliphatic heterocycles. The van der Waals surface area contributed by atoms with Crippen LogP contribution >= 0.6 is 0 Å². The lowest BCUT2D eigenvalue weighted by molar-refractivity contribution is 0.368. The van der Waals surface area contributed by atoms with E-state index in [-0.39, 0.29) is 5.41 Å². The van der Waals surface area contributed by atoms with Crippen molar-refractivity contribution >= 4 is 7.25 Å². The van der Waals surface area contributed by atoms with Crippen LogP contribution in [0.15, 0.2) is 77.2 Å². The smallest absolute Gasteiger partial charge is 0.418 e. The molecule has 0 fully saturated rings. The van der Waals surface area contributed by atoms with Gasteiger partial charge in [-0.2, -0.15) is 0 Å². The predicted molar refractivity (Wildman–Crippen MR) is 103 cm³/mol. The lowest BCUT2D eigenvalue weighted by atomic mass is 9.90. The Morgan fingerprint density at radius 1 is 0.667 bits per heavy atom. The van der Waals surface area contributed by atoms with Crippen molar-refractivity contribution in [2.45, 2.75) is 26.2 Å². The molecule has 1 nitrogen and oxygen atoms in total. The van der Waals surface area contributed by atoms with E-state index in [0.29, 0.717) is 0 Å². The highest BCUT2D eigenvalue weighted by molar-refractivity contribution is 6.50. The molecule has 0 atom stereocenters. The fourth-order valence-electron chi connectivity index (χ4n) is 2.41. The third kappa shape index (κ3) is 6.89. The third-order valence-corrected chi connectivity index (χ3v) is 3.70. The number of hydrogen-bond acceptors (Lipinski definition) is 0. The Hall–Kier alpha value is -2.63. The Morgan fingerprint density at radius 3 is 1.56 bits per heavy atom. The molecule has 0 N–H and O–H groups in total. The monoisotopic (exact) mass is 376 g/mol. The van der Waals surface area contributed by atoms with Crippen molar-refractivity contribution in [3.8, 4) is 22.5 Å². The van der Waals surface area contributed by atoms with Crippen molar-refractivity contribution in [3.05, 3.63) is 78.6 Å². The molecule has 0 bridgehead atoms. The summed E-state index contributed by atoms with van der Waals surface area (Å²) < 4.78 is 45.2. The number of rotatable bonds is 2. The van der Waals surface area contributed by atoms with Crippen LogP contribution in [0.3, 0.4) is 0 Å². The van der Waals surface area contributed by atoms with Gasteiger partial charge in [0.15, 0.2) is 0 Å². The first-order chi connectivity index (χ1) is 12.5. The number of benzene rings is 2. The van der Waals surface area contributed by atoms with Crippen LogP contribution in [0.5, 0.6) is 0 Å². The molecule has 27 heavy (non-hydrogen) atoms. The van der Waals surface area contributed by atoms with E-state index in [0.717, 1.165) is 17.1 Å². The second-order valence-corrected chi connectivity index (χ2v) is 7.05. The van der Waals surface area contributed by atoms with Crippen LogP contribution in [0.25, 0.3) is 22.5 Å². The van der Waals surface area contributed by atoms with Gasteiger partial charge in [-0.15, -0.1) is 0 Å². The molecule has 0 radical (unpaired) electrons. The summed E-state index contributed by atoms with van der Waals surface area (Å²) in [5, 5.41) is 0. The first-order valence-corrected chi connectivity index (χ1v) is 8.51. The summed E-state index contributed by atoms with van der Waals surface area (Å²) in [7, 11) is -6.00. The molecule has 0 aliphatic rings. The van der Waals surface area contributed by atoms with Gasteiger partial charge in [-0.3, -0.25) is 0 Å². The quantitative estimate of drug-likeness (QED) is 0.256. The molecule has 2 aromatic carbocycles. The first kappa shape index (κ1) is 20.7. The lowest BCUT2D eigenvalue weighted by Crippen LogP contribution is -2.11. The molecule has 0 saturated heterocycles. The fourth-order valence-corrected chi connectivity index (χ4v) is 2.41. The topological polar surface area (TPSA) is 11.3 Å². The van der Waals surface area contributed by atoms with Gasteiger partial charge >= 0.3 is 18.8 Å². The molecule has 3 rings (SSSR count). The average molecular weight is 376 g/mol. The molecular formula is C21H21BF4O. The highest BCUT2D eigenvalue weighted by atomic mass is 19.5. The van der Waals surface area contributed by atoms with Gasteiger partial charge in [-0.25, -0.2) is 4.42 Å². The Labute approximate surface area is 156 Å². The highest BCUT2D eigenvalue weighted by Crippen LogP contribution is 2.33. The van der Waals surface area contributed by atoms with Gasteiger partial charge in [0.05, 0.1) is 17.0 Å². The molecule has 6 heteroatoms. The number of halogens is 4. The summed E-state index contributed by atoms with van der Waals surface area (Å²) in [4.78, 5) is 0. The van der Waals surface area contributed by atoms with Crippen molar-refractivity contribution in [1.29, 1.82) is 0 Å². The van der Waals surface area contributed by atoms with Crippen LogP contribution in [0.4, 0.5) is 17.3 Å². The minimum Gasteiger partial charge on any atom is -0.418 e. The zero-order valence-electron chi connectivity index (χ0n) is 15.4. The van der Waals surface area contributed by atoms with Gasteiger partial charge in [0.2, 0.25) is 0 Å². The van der Waals surface area contributed by atoms with Crippen LogP contribution in [0, 0.1) is 0 Å². The van der Waals surface area contributed by atoms with Crippen LogP contribution in [-0.4, -0.2) is 7.25 Å². The Kier molecular flexibility index (Phi) is 6.42. The van der Waals surface area contributed by atoms with Gasteiger partial charge in [0, 0.05) is 11.6 Å². The molecule has 0 amide bonds. The van der Waals surface area contributed by atoms with E-state index in [1.165, 1.54) is 11.1 Å². The van der Waals surface area contributed by atoms with Crippen LogP contribution in [0.2, 0.25) is 0 Å². The third-order valence-electron chi connectivity index (χ3n) is 3.70. The van der Waals surface area contributed by atoms with Crippen molar-refractivity contribution in [2.24, 2.45) is 0 Å². The Balaban J connectivity index is 0.000000465. The zero-order chi connectivity index (χ0) is 20.1. The van der Waals surface area contributed by atoms with Crippen LogP contribution in [-0.2, 0) is 5.41 Å². The Bertz CT molecular complexity index is 793. The lowest BCUT2D eigenvalue weighted by Gasteiger charge is -2.10. The minimum atomic E-state index is -6.00. The van der Waals surface area contributed by atoms with E-state index >= 15 is 0 Å². The SMILES string of the molecule is CC(C)(C)c1cc(-c2ccccc2)cc(-c2ccccc2)[o+]1.F[B-](F)(F)F. The van der Waals surface area contributed by atoms with Crippen LogP contribution < -0.4 is 0 Å². The Morgan fingerprint density at radius 2 is 1.11 bits per heavy atom. The molecule has 142 valence electrons. The van der Waals surface area contributed by atoms with E-state index in [1.807, 2.05) is 24.3 Å². The van der Waals surface area contributed by atoms with E-state index in [9.17, 15) is 17.3 Å². The first-order valence-electron chi connectivity index (χ1n) is 8.51. The standard InChI is InChI=1S/C21H21O.BF4/c1-21(2,3)20-15-18(16-10-6-4-7-11-16)14-19(22-20)17-12-8-5-9-13-17;2-1(3,4)5/h4-15H,1-3H3;/q+1;-1.